The first-order valence-electron chi connectivity index (χ1n) is 8.32. The highest BCUT2D eigenvalue weighted by Crippen LogP contribution is 2.24. The summed E-state index contributed by atoms with van der Waals surface area (Å²) in [7, 11) is -4.90. The molecule has 0 saturated carbocycles. The Bertz CT molecular complexity index is 1080. The molecule has 0 fully saturated rings. The molecule has 0 saturated heterocycles. The lowest BCUT2D eigenvalue weighted by Crippen LogP contribution is -2.23. The first kappa shape index (κ1) is 21.9. The van der Waals surface area contributed by atoms with Gasteiger partial charge in [-0.25, -0.2) is 25.9 Å². The Kier molecular flexibility index (Phi) is 6.48. The van der Waals surface area contributed by atoms with Crippen LogP contribution >= 0.6 is 0 Å². The Morgan fingerprint density at radius 3 is 2.18 bits per heavy atom. The molecule has 0 unspecified atom stereocenters. The fourth-order valence-electron chi connectivity index (χ4n) is 2.34. The topological polar surface area (TPSA) is 110 Å². The number of hydrogen-bond acceptors (Lipinski definition) is 6. The zero-order valence-corrected chi connectivity index (χ0v) is 17.6. The van der Waals surface area contributed by atoms with E-state index in [0.717, 1.165) is 4.31 Å². The molecule has 10 heteroatoms. The van der Waals surface area contributed by atoms with Gasteiger partial charge in [0, 0.05) is 14.1 Å². The molecule has 0 atom stereocenters. The van der Waals surface area contributed by atoms with Crippen molar-refractivity contribution in [3.63, 3.8) is 0 Å². The maximum absolute atomic E-state index is 12.6. The maximum Gasteiger partial charge on any atom is 0.338 e. The third-order valence-electron chi connectivity index (χ3n) is 3.87. The minimum absolute atomic E-state index is 0.00959. The van der Waals surface area contributed by atoms with Gasteiger partial charge in [-0.05, 0) is 55.8 Å². The van der Waals surface area contributed by atoms with Crippen LogP contribution in [0.5, 0.6) is 0 Å². The average molecular weight is 427 g/mol. The first-order valence-corrected chi connectivity index (χ1v) is 11.2. The number of ether oxygens (including phenoxy) is 1. The van der Waals surface area contributed by atoms with Crippen molar-refractivity contribution in [2.75, 3.05) is 25.4 Å². The molecule has 1 N–H and O–H groups in total. The average Bonchev–Trinajstić information content (AvgIpc) is 2.63. The van der Waals surface area contributed by atoms with E-state index >= 15 is 0 Å². The zero-order valence-electron chi connectivity index (χ0n) is 16.0. The molecule has 2 aromatic rings. The molecule has 2 aromatic carbocycles. The van der Waals surface area contributed by atoms with E-state index in [4.69, 9.17) is 4.74 Å². The van der Waals surface area contributed by atoms with Gasteiger partial charge in [0.05, 0.1) is 27.6 Å². The standard InChI is InChI=1S/C18H22N2O6S2/c1-5-26-18(21)14-7-10-16(11-8-14)27(22,23)19-15-9-6-13(2)17(12-15)28(24,25)20(3)4/h6-12,19H,5H2,1-4H3. The van der Waals surface area contributed by atoms with Crippen LogP contribution in [0, 0.1) is 6.92 Å². The van der Waals surface area contributed by atoms with Crippen LogP contribution in [-0.4, -0.2) is 47.8 Å². The summed E-state index contributed by atoms with van der Waals surface area (Å²) in [6.07, 6.45) is 0. The second-order valence-corrected chi connectivity index (χ2v) is 9.92. The minimum Gasteiger partial charge on any atom is -0.462 e. The Balaban J connectivity index is 2.33. The molecule has 152 valence electrons. The van der Waals surface area contributed by atoms with Crippen LogP contribution in [0.15, 0.2) is 52.3 Å². The number of sulfonamides is 2. The Labute approximate surface area is 165 Å². The van der Waals surface area contributed by atoms with E-state index in [9.17, 15) is 21.6 Å². The van der Waals surface area contributed by atoms with E-state index in [-0.39, 0.29) is 27.6 Å². The third-order valence-corrected chi connectivity index (χ3v) is 7.23. The second-order valence-electron chi connectivity index (χ2n) is 6.12. The van der Waals surface area contributed by atoms with Gasteiger partial charge in [-0.2, -0.15) is 0 Å². The van der Waals surface area contributed by atoms with E-state index < -0.39 is 26.0 Å². The van der Waals surface area contributed by atoms with Crippen molar-refractivity contribution in [1.29, 1.82) is 0 Å². The number of nitrogens with one attached hydrogen (secondary N) is 1. The van der Waals surface area contributed by atoms with Crippen molar-refractivity contribution in [2.45, 2.75) is 23.6 Å². The first-order chi connectivity index (χ1) is 13.0. The number of benzene rings is 2. The van der Waals surface area contributed by atoms with Gasteiger partial charge in [0.2, 0.25) is 10.0 Å². The molecule has 0 aliphatic carbocycles. The lowest BCUT2D eigenvalue weighted by molar-refractivity contribution is 0.0526. The van der Waals surface area contributed by atoms with E-state index in [1.165, 1.54) is 56.6 Å². The molecule has 0 bridgehead atoms. The number of rotatable bonds is 7. The summed E-state index contributed by atoms with van der Waals surface area (Å²) >= 11 is 0. The Morgan fingerprint density at radius 2 is 1.64 bits per heavy atom. The molecule has 2 rings (SSSR count). The number of aryl methyl sites for hydroxylation is 1. The molecule has 0 aromatic heterocycles. The van der Waals surface area contributed by atoms with Crippen LogP contribution in [0.1, 0.15) is 22.8 Å². The van der Waals surface area contributed by atoms with E-state index in [0.29, 0.717) is 5.56 Å². The van der Waals surface area contributed by atoms with Gasteiger partial charge in [0.15, 0.2) is 0 Å². The van der Waals surface area contributed by atoms with Crippen LogP contribution in [0.4, 0.5) is 5.69 Å². The lowest BCUT2D eigenvalue weighted by Gasteiger charge is -2.15. The zero-order chi connectivity index (χ0) is 21.1. The quantitative estimate of drug-likeness (QED) is 0.680. The van der Waals surface area contributed by atoms with Gasteiger partial charge in [-0.15, -0.1) is 0 Å². The van der Waals surface area contributed by atoms with Gasteiger partial charge < -0.3 is 4.74 Å². The van der Waals surface area contributed by atoms with Gasteiger partial charge >= 0.3 is 5.97 Å². The van der Waals surface area contributed by atoms with Gasteiger partial charge in [0.25, 0.3) is 10.0 Å². The molecule has 0 aliphatic rings. The number of esters is 1. The number of hydrogen-bond donors (Lipinski definition) is 1. The largest absolute Gasteiger partial charge is 0.462 e. The Morgan fingerprint density at radius 1 is 1.04 bits per heavy atom. The van der Waals surface area contributed by atoms with E-state index in [1.807, 2.05) is 0 Å². The summed E-state index contributed by atoms with van der Waals surface area (Å²) in [4.78, 5) is 11.6. The van der Waals surface area contributed by atoms with Crippen molar-refractivity contribution in [3.05, 3.63) is 53.6 Å². The number of carbonyl (C=O) groups is 1. The van der Waals surface area contributed by atoms with Crippen LogP contribution in [0.25, 0.3) is 0 Å². The van der Waals surface area contributed by atoms with Crippen molar-refractivity contribution in [3.8, 4) is 0 Å². The predicted octanol–water partition coefficient (Wildman–Crippen LogP) is 2.22. The molecule has 0 radical (unpaired) electrons. The summed E-state index contributed by atoms with van der Waals surface area (Å²) in [5, 5.41) is 0. The molecule has 0 aliphatic heterocycles. The number of anilines is 1. The van der Waals surface area contributed by atoms with Crippen LogP contribution < -0.4 is 4.72 Å². The molecule has 0 spiro atoms. The summed E-state index contributed by atoms with van der Waals surface area (Å²) in [6.45, 7) is 3.52. The summed E-state index contributed by atoms with van der Waals surface area (Å²) < 4.78 is 58.3. The molecule has 0 amide bonds. The lowest BCUT2D eigenvalue weighted by atomic mass is 10.2. The van der Waals surface area contributed by atoms with Crippen molar-refractivity contribution in [2.24, 2.45) is 0 Å². The maximum atomic E-state index is 12.6. The molecular formula is C18H22N2O6S2. The monoisotopic (exact) mass is 426 g/mol. The smallest absolute Gasteiger partial charge is 0.338 e. The molecule has 0 heterocycles. The molecule has 8 nitrogen and oxygen atoms in total. The van der Waals surface area contributed by atoms with Crippen LogP contribution in [-0.2, 0) is 24.8 Å². The fraction of sp³-hybridized carbons (Fsp3) is 0.278. The SMILES string of the molecule is CCOC(=O)c1ccc(S(=O)(=O)Nc2ccc(C)c(S(=O)(=O)N(C)C)c2)cc1. The molecule has 28 heavy (non-hydrogen) atoms. The minimum atomic E-state index is -3.97. The fourth-order valence-corrected chi connectivity index (χ4v) is 4.53. The van der Waals surface area contributed by atoms with Crippen molar-refractivity contribution in [1.82, 2.24) is 4.31 Å². The molecular weight excluding hydrogens is 404 g/mol. The van der Waals surface area contributed by atoms with Crippen molar-refractivity contribution < 1.29 is 26.4 Å². The predicted molar refractivity (Wildman–Crippen MR) is 105 cm³/mol. The second kappa shape index (κ2) is 8.29. The Hall–Kier alpha value is -2.43. The number of carbonyl (C=O) groups excluding carboxylic acids is 1. The summed E-state index contributed by atoms with van der Waals surface area (Å²) in [6, 6.07) is 9.54. The summed E-state index contributed by atoms with van der Waals surface area (Å²) in [5.41, 5.74) is 0.839. The van der Waals surface area contributed by atoms with Crippen LogP contribution in [0.3, 0.4) is 0 Å². The van der Waals surface area contributed by atoms with Gasteiger partial charge in [-0.1, -0.05) is 6.07 Å². The van der Waals surface area contributed by atoms with Crippen LogP contribution in [0.2, 0.25) is 0 Å². The van der Waals surface area contributed by atoms with E-state index in [1.54, 1.807) is 13.8 Å². The summed E-state index contributed by atoms with van der Waals surface area (Å²) in [5.74, 6) is -0.545. The van der Waals surface area contributed by atoms with E-state index in [2.05, 4.69) is 4.72 Å². The van der Waals surface area contributed by atoms with Gasteiger partial charge in [0.1, 0.15) is 0 Å². The van der Waals surface area contributed by atoms with Gasteiger partial charge in [-0.3, -0.25) is 4.72 Å². The third kappa shape index (κ3) is 4.70. The highest BCUT2D eigenvalue weighted by atomic mass is 32.2. The highest BCUT2D eigenvalue weighted by Gasteiger charge is 2.22. The normalized spacial score (nSPS) is 12.0. The number of nitrogens with zero attached hydrogens (tertiary/aromatic N) is 1. The highest BCUT2D eigenvalue weighted by molar-refractivity contribution is 7.92. The van der Waals surface area contributed by atoms with Crippen molar-refractivity contribution >= 4 is 31.7 Å².